The van der Waals surface area contributed by atoms with Crippen LogP contribution in [0.5, 0.6) is 0 Å². The molecular formula is C13H17FeN. The number of rotatable bonds is 2. The summed E-state index contributed by atoms with van der Waals surface area (Å²) in [5.41, 5.74) is 0. The number of hydrogen-bond acceptors (Lipinski definition) is 1. The van der Waals surface area contributed by atoms with E-state index in [9.17, 15) is 0 Å². The molecular weight excluding hydrogens is 226 g/mol. The molecule has 4 atom stereocenters. The maximum atomic E-state index is 2.58. The standard InChI is InChI=1S/C8H12N.C5H5.Fe/c1-9(2)7-8-5-3-4-6-8;1-2-4-5-3-1;/h3-6H,7H2,1-2H3;1-5H;. The Kier molecular flexibility index (Phi) is 0.140. The molecule has 10 rings (SSSR count). The van der Waals surface area contributed by atoms with Crippen molar-refractivity contribution in [2.24, 2.45) is 0 Å². The Morgan fingerprint density at radius 1 is 0.867 bits per heavy atom. The van der Waals surface area contributed by atoms with Gasteiger partial charge in [-0.1, -0.05) is 0 Å². The van der Waals surface area contributed by atoms with Gasteiger partial charge in [0.05, 0.1) is 0 Å². The van der Waals surface area contributed by atoms with Gasteiger partial charge in [-0.2, -0.15) is 0 Å². The van der Waals surface area contributed by atoms with E-state index in [2.05, 4.69) is 19.0 Å². The van der Waals surface area contributed by atoms with Crippen LogP contribution in [0, 0.1) is 0 Å². The summed E-state index contributed by atoms with van der Waals surface area (Å²) in [6.07, 6.45) is 0. The van der Waals surface area contributed by atoms with E-state index >= 15 is 0 Å². The van der Waals surface area contributed by atoms with E-state index in [-0.39, 0.29) is 0 Å². The molecule has 15 heavy (non-hydrogen) atoms. The van der Waals surface area contributed by atoms with E-state index in [1.54, 1.807) is 6.54 Å². The third kappa shape index (κ3) is 0.0472. The molecule has 82 valence electrons. The van der Waals surface area contributed by atoms with Gasteiger partial charge in [0.2, 0.25) is 0 Å². The summed E-state index contributed by atoms with van der Waals surface area (Å²) in [5.74, 6) is 0. The van der Waals surface area contributed by atoms with Crippen molar-refractivity contribution in [2.75, 3.05) is 20.6 Å². The Bertz CT molecular complexity index is 815. The molecule has 0 aromatic heterocycles. The van der Waals surface area contributed by atoms with Crippen LogP contribution < -0.4 is 0 Å². The first-order valence-electron chi connectivity index (χ1n) is 6.82. The summed E-state index contributed by atoms with van der Waals surface area (Å²) in [7, 11) is 4.71. The Labute approximate surface area is 79.9 Å². The molecule has 2 heteroatoms. The molecule has 10 heterocycles. The monoisotopic (exact) mass is 243 g/mol. The van der Waals surface area contributed by atoms with Crippen molar-refractivity contribution in [3.63, 3.8) is 0 Å². The second-order valence-electron chi connectivity index (χ2n) is 11.1. The second kappa shape index (κ2) is 0.387. The third-order valence-electron chi connectivity index (χ3n) is 15.5. The second-order valence-corrected chi connectivity index (χ2v) is 34.7. The van der Waals surface area contributed by atoms with Crippen LogP contribution in [-0.4, -0.2) is 25.5 Å². The van der Waals surface area contributed by atoms with Crippen LogP contribution in [0.15, 0.2) is 0 Å². The number of hydrogen-bond donors (Lipinski definition) is 0. The van der Waals surface area contributed by atoms with Gasteiger partial charge in [0.15, 0.2) is 0 Å². The van der Waals surface area contributed by atoms with Crippen molar-refractivity contribution >= 4 is 0 Å². The summed E-state index contributed by atoms with van der Waals surface area (Å²) < 4.78 is 1.14. The number of fused-ring (bicyclic) bond motifs is 10. The molecule has 1 nitrogen and oxygen atoms in total. The van der Waals surface area contributed by atoms with Crippen LogP contribution in [0.1, 0.15) is 0 Å². The van der Waals surface area contributed by atoms with Gasteiger partial charge in [0.1, 0.15) is 0 Å². The zero-order valence-electron chi connectivity index (χ0n) is 9.20. The van der Waals surface area contributed by atoms with Crippen molar-refractivity contribution in [2.45, 2.75) is 47.7 Å². The Morgan fingerprint density at radius 2 is 1.33 bits per heavy atom. The van der Waals surface area contributed by atoms with Gasteiger partial charge in [0, 0.05) is 0 Å². The topological polar surface area (TPSA) is 3.24 Å². The van der Waals surface area contributed by atoms with Crippen molar-refractivity contribution in [1.29, 1.82) is 0 Å². The minimum absolute atomic E-state index is 1.14. The van der Waals surface area contributed by atoms with Crippen LogP contribution in [0.4, 0.5) is 0 Å². The fraction of sp³-hybridized carbons (Fsp3) is 1.00. The van der Waals surface area contributed by atoms with Gasteiger partial charge in [-0.25, -0.2) is 0 Å². The fourth-order valence-electron chi connectivity index (χ4n) is 17.6. The molecule has 0 aliphatic carbocycles. The van der Waals surface area contributed by atoms with E-state index < -0.39 is 6.51 Å². The molecule has 0 radical (unpaired) electrons. The van der Waals surface area contributed by atoms with E-state index in [0.717, 1.165) is 4.31 Å². The molecule has 10 saturated heterocycles. The molecule has 0 amide bonds. The van der Waals surface area contributed by atoms with Gasteiger partial charge < -0.3 is 0 Å². The first-order chi connectivity index (χ1) is 6.96. The molecule has 4 unspecified atom stereocenters. The van der Waals surface area contributed by atoms with Crippen LogP contribution >= 0.6 is 0 Å². The van der Waals surface area contributed by atoms with E-state index in [1.165, 1.54) is 43.3 Å². The quantitative estimate of drug-likeness (QED) is 0.672. The summed E-state index contributed by atoms with van der Waals surface area (Å²) in [4.78, 5) is 16.3. The molecule has 0 saturated carbocycles. The van der Waals surface area contributed by atoms with Gasteiger partial charge in [-0.05, 0) is 0 Å². The van der Waals surface area contributed by atoms with Crippen molar-refractivity contribution in [3.8, 4) is 0 Å². The number of nitrogens with zero attached hydrogens (tertiary/aromatic N) is 1. The molecule has 10 fully saturated rings. The minimum atomic E-state index is -2.64. The third-order valence-corrected chi connectivity index (χ3v) is 58.5. The predicted molar refractivity (Wildman–Crippen MR) is 55.0 cm³/mol. The SMILES string of the molecule is CN(C)C[C]12[CH]3[CH]4[CH]5[CH]1[Fe]45321678[CH]2[CH]1[CH]6[CH]7[CH]28. The van der Waals surface area contributed by atoms with Gasteiger partial charge in [-0.3, -0.25) is 0 Å². The molecule has 0 aromatic rings. The molecule has 10 aliphatic rings. The van der Waals surface area contributed by atoms with Crippen molar-refractivity contribution in [3.05, 3.63) is 0 Å². The first kappa shape index (κ1) is 5.42. The van der Waals surface area contributed by atoms with Gasteiger partial charge in [0.25, 0.3) is 0 Å². The van der Waals surface area contributed by atoms with Crippen LogP contribution in [-0.2, 0) is 6.51 Å². The van der Waals surface area contributed by atoms with Crippen molar-refractivity contribution in [1.82, 2.24) is 4.90 Å². The van der Waals surface area contributed by atoms with Crippen LogP contribution in [0.2, 0.25) is 47.7 Å². The van der Waals surface area contributed by atoms with E-state index in [4.69, 9.17) is 0 Å². The Balaban J connectivity index is 1.70. The molecule has 10 aliphatic heterocycles. The first-order valence-corrected chi connectivity index (χ1v) is 13.1. The normalized spacial score (nSPS) is 134. The summed E-state index contributed by atoms with van der Waals surface area (Å²) in [6, 6.07) is 0. The van der Waals surface area contributed by atoms with Crippen LogP contribution in [0.3, 0.4) is 0 Å². The van der Waals surface area contributed by atoms with E-state index in [0.29, 0.717) is 0 Å². The van der Waals surface area contributed by atoms with Crippen molar-refractivity contribution < 1.29 is 6.51 Å². The average molecular weight is 243 g/mol. The summed E-state index contributed by atoms with van der Waals surface area (Å²) >= 11 is 0. The molecule has 0 N–H and O–H groups in total. The zero-order valence-corrected chi connectivity index (χ0v) is 10.3. The molecule has 1 spiro atoms. The maximum absolute atomic E-state index is 2.64. The zero-order chi connectivity index (χ0) is 9.30. The summed E-state index contributed by atoms with van der Waals surface area (Å²) in [6.45, 7) is -1.07. The Hall–Kier alpha value is 0.479. The molecule has 0 aromatic carbocycles. The van der Waals surface area contributed by atoms with Gasteiger partial charge >= 0.3 is 79.7 Å². The average Bonchev–Trinajstić information content (AvgIpc) is 3.12. The predicted octanol–water partition coefficient (Wildman–Crippen LogP) is 3.31. The molecule has 0 bridgehead atoms. The summed E-state index contributed by atoms with van der Waals surface area (Å²) in [5, 5.41) is 0. The fourth-order valence-corrected chi connectivity index (χ4v) is 92.4. The van der Waals surface area contributed by atoms with Crippen LogP contribution in [0.25, 0.3) is 0 Å². The Morgan fingerprint density at radius 3 is 1.53 bits per heavy atom. The van der Waals surface area contributed by atoms with E-state index in [1.807, 2.05) is 0 Å². The van der Waals surface area contributed by atoms with Gasteiger partial charge in [-0.15, -0.1) is 0 Å².